The number of rotatable bonds is 5. The van der Waals surface area contributed by atoms with Crippen LogP contribution in [0.5, 0.6) is 0 Å². The monoisotopic (exact) mass is 312 g/mol. The molecule has 0 unspecified atom stereocenters. The molecular formula is C17H20N4O2. The molecule has 23 heavy (non-hydrogen) atoms. The Morgan fingerprint density at radius 3 is 2.57 bits per heavy atom. The van der Waals surface area contributed by atoms with Crippen molar-refractivity contribution < 1.29 is 4.79 Å². The Morgan fingerprint density at radius 2 is 1.96 bits per heavy atom. The van der Waals surface area contributed by atoms with Gasteiger partial charge in [-0.05, 0) is 44.0 Å². The second kappa shape index (κ2) is 6.56. The highest BCUT2D eigenvalue weighted by Crippen LogP contribution is 2.17. The maximum absolute atomic E-state index is 12.5. The number of carbonyl (C=O) groups excluding carboxylic acids is 1. The van der Waals surface area contributed by atoms with E-state index < -0.39 is 0 Å². The number of nitrogens with zero attached hydrogens (tertiary/aromatic N) is 3. The van der Waals surface area contributed by atoms with E-state index in [9.17, 15) is 9.59 Å². The molecule has 1 aromatic heterocycles. The lowest BCUT2D eigenvalue weighted by Gasteiger charge is -2.05. The van der Waals surface area contributed by atoms with Crippen LogP contribution in [0, 0.1) is 20.8 Å². The first-order valence-electron chi connectivity index (χ1n) is 7.38. The fourth-order valence-electron chi connectivity index (χ4n) is 2.07. The summed E-state index contributed by atoms with van der Waals surface area (Å²) < 4.78 is 1.42. The first kappa shape index (κ1) is 16.6. The number of hydrogen-bond acceptors (Lipinski definition) is 4. The number of azo groups is 1. The average Bonchev–Trinajstić information content (AvgIpc) is 2.81. The number of H-pyrrole nitrogens is 1. The van der Waals surface area contributed by atoms with Gasteiger partial charge in [0.2, 0.25) is 0 Å². The lowest BCUT2D eigenvalue weighted by molar-refractivity contribution is -0.115. The summed E-state index contributed by atoms with van der Waals surface area (Å²) in [6.07, 6.45) is 0.302. The third kappa shape index (κ3) is 3.36. The van der Waals surface area contributed by atoms with Crippen LogP contribution in [0.4, 0.5) is 5.69 Å². The van der Waals surface area contributed by atoms with E-state index in [1.54, 1.807) is 13.8 Å². The van der Waals surface area contributed by atoms with Gasteiger partial charge in [-0.25, -0.2) is 4.68 Å². The lowest BCUT2D eigenvalue weighted by Crippen LogP contribution is -2.14. The summed E-state index contributed by atoms with van der Waals surface area (Å²) in [5.74, 6) is -0.198. The summed E-state index contributed by atoms with van der Waals surface area (Å²) in [7, 11) is 0. The summed E-state index contributed by atoms with van der Waals surface area (Å²) in [6.45, 7) is 11.0. The molecule has 1 N–H and O–H groups in total. The average molecular weight is 312 g/mol. The van der Waals surface area contributed by atoms with Crippen LogP contribution in [0.3, 0.4) is 0 Å². The van der Waals surface area contributed by atoms with Crippen LogP contribution in [0.15, 0.2) is 45.5 Å². The van der Waals surface area contributed by atoms with Crippen molar-refractivity contribution in [1.29, 1.82) is 0 Å². The van der Waals surface area contributed by atoms with Gasteiger partial charge < -0.3 is 0 Å². The minimum Gasteiger partial charge on any atom is -0.293 e. The zero-order valence-electron chi connectivity index (χ0n) is 13.8. The first-order valence-corrected chi connectivity index (χ1v) is 7.38. The number of hydrogen-bond donors (Lipinski definition) is 1. The molecule has 0 atom stereocenters. The highest BCUT2D eigenvalue weighted by Gasteiger charge is 2.13. The second-order valence-electron chi connectivity index (χ2n) is 5.42. The van der Waals surface area contributed by atoms with E-state index in [2.05, 4.69) is 21.9 Å². The van der Waals surface area contributed by atoms with Gasteiger partial charge in [0.25, 0.3) is 5.56 Å². The molecular weight excluding hydrogens is 292 g/mol. The third-order valence-electron chi connectivity index (χ3n) is 3.70. The van der Waals surface area contributed by atoms with Gasteiger partial charge in [0.1, 0.15) is 5.70 Å². The highest BCUT2D eigenvalue weighted by molar-refractivity contribution is 5.93. The third-order valence-corrected chi connectivity index (χ3v) is 3.70. The summed E-state index contributed by atoms with van der Waals surface area (Å²) in [6, 6.07) is 5.74. The molecule has 0 radical (unpaired) electrons. The van der Waals surface area contributed by atoms with Gasteiger partial charge in [0.05, 0.1) is 11.4 Å². The van der Waals surface area contributed by atoms with E-state index in [0.29, 0.717) is 12.1 Å². The second-order valence-corrected chi connectivity index (χ2v) is 5.42. The van der Waals surface area contributed by atoms with E-state index >= 15 is 0 Å². The van der Waals surface area contributed by atoms with E-state index in [4.69, 9.17) is 0 Å². The Hall–Kier alpha value is -2.76. The molecule has 1 heterocycles. The van der Waals surface area contributed by atoms with Crippen LogP contribution in [0.2, 0.25) is 0 Å². The molecule has 2 aromatic rings. The van der Waals surface area contributed by atoms with Gasteiger partial charge in [0.15, 0.2) is 11.5 Å². The number of carbonyl (C=O) groups is 1. The van der Waals surface area contributed by atoms with Gasteiger partial charge in [-0.2, -0.15) is 0 Å². The quantitative estimate of drug-likeness (QED) is 0.675. The van der Waals surface area contributed by atoms with Crippen LogP contribution in [0.1, 0.15) is 30.2 Å². The lowest BCUT2D eigenvalue weighted by atomic mass is 10.1. The topological polar surface area (TPSA) is 79.6 Å². The minimum atomic E-state index is -0.314. The molecule has 2 rings (SSSR count). The Kier molecular flexibility index (Phi) is 4.74. The molecule has 0 aliphatic rings. The normalized spacial score (nSPS) is 11.1. The van der Waals surface area contributed by atoms with Crippen LogP contribution in [-0.2, 0) is 4.79 Å². The van der Waals surface area contributed by atoms with Crippen molar-refractivity contribution in [1.82, 2.24) is 9.78 Å². The molecule has 0 spiro atoms. The van der Waals surface area contributed by atoms with Crippen molar-refractivity contribution in [3.05, 3.63) is 57.6 Å². The molecule has 0 aliphatic carbocycles. The molecule has 0 bridgehead atoms. The van der Waals surface area contributed by atoms with E-state index in [1.807, 2.05) is 32.0 Å². The minimum absolute atomic E-state index is 0.0465. The molecule has 0 amide bonds. The van der Waals surface area contributed by atoms with Crippen LogP contribution in [-0.4, -0.2) is 15.6 Å². The number of ketones is 1. The van der Waals surface area contributed by atoms with Gasteiger partial charge in [-0.15, -0.1) is 10.2 Å². The van der Waals surface area contributed by atoms with Crippen LogP contribution >= 0.6 is 0 Å². The molecule has 120 valence electrons. The summed E-state index contributed by atoms with van der Waals surface area (Å²) in [4.78, 5) is 24.0. The molecule has 6 heteroatoms. The molecule has 0 saturated heterocycles. The predicted octanol–water partition coefficient (Wildman–Crippen LogP) is 3.67. The smallest absolute Gasteiger partial charge is 0.293 e. The van der Waals surface area contributed by atoms with Gasteiger partial charge >= 0.3 is 0 Å². The van der Waals surface area contributed by atoms with Crippen molar-refractivity contribution in [2.24, 2.45) is 10.2 Å². The zero-order valence-corrected chi connectivity index (χ0v) is 13.8. The molecule has 0 saturated carbocycles. The molecule has 1 aromatic carbocycles. The number of aryl methyl sites for hydroxylation is 3. The van der Waals surface area contributed by atoms with Crippen LogP contribution < -0.4 is 5.56 Å². The number of allylic oxidation sites excluding steroid dienone is 1. The highest BCUT2D eigenvalue weighted by atomic mass is 16.1. The number of aromatic amines is 1. The summed E-state index contributed by atoms with van der Waals surface area (Å²) >= 11 is 0. The summed E-state index contributed by atoms with van der Waals surface area (Å²) in [5.41, 5.74) is 3.45. The Balaban J connectivity index is 2.42. The maximum atomic E-state index is 12.5. The SMILES string of the molecule is C=C(N=Nc1c(C)[nH]n(-c2ccc(C)c(C)c2)c1=O)C(=O)CC. The Labute approximate surface area is 134 Å². The van der Waals surface area contributed by atoms with E-state index in [1.165, 1.54) is 4.68 Å². The van der Waals surface area contributed by atoms with Crippen molar-refractivity contribution in [3.8, 4) is 5.69 Å². The standard InChI is InChI=1S/C17H20N4O2/c1-6-15(22)12(4)18-19-16-13(5)20-21(17(16)23)14-8-7-10(2)11(3)9-14/h7-9,20H,4,6H2,1-3,5H3. The van der Waals surface area contributed by atoms with Gasteiger partial charge in [-0.1, -0.05) is 19.6 Å². The first-order chi connectivity index (χ1) is 10.8. The largest absolute Gasteiger partial charge is 0.299 e. The Bertz CT molecular complexity index is 856. The zero-order chi connectivity index (χ0) is 17.1. The molecule has 0 aliphatic heterocycles. The molecule has 6 nitrogen and oxygen atoms in total. The van der Waals surface area contributed by atoms with Gasteiger partial charge in [0, 0.05) is 6.42 Å². The number of benzene rings is 1. The predicted molar refractivity (Wildman–Crippen MR) is 89.6 cm³/mol. The van der Waals surface area contributed by atoms with Crippen LogP contribution in [0.25, 0.3) is 5.69 Å². The van der Waals surface area contributed by atoms with Crippen molar-refractivity contribution in [2.45, 2.75) is 34.1 Å². The van der Waals surface area contributed by atoms with Crippen molar-refractivity contribution in [2.75, 3.05) is 0 Å². The molecule has 0 fully saturated rings. The van der Waals surface area contributed by atoms with E-state index in [-0.39, 0.29) is 22.7 Å². The maximum Gasteiger partial charge on any atom is 0.299 e. The fraction of sp³-hybridized carbons (Fsp3) is 0.294. The van der Waals surface area contributed by atoms with Crippen molar-refractivity contribution >= 4 is 11.5 Å². The number of Topliss-reactive ketones (excluding diaryl/α,β-unsaturated/α-hetero) is 1. The van der Waals surface area contributed by atoms with E-state index in [0.717, 1.165) is 16.8 Å². The Morgan fingerprint density at radius 1 is 1.26 bits per heavy atom. The fourth-order valence-corrected chi connectivity index (χ4v) is 2.07. The number of aromatic nitrogens is 2. The number of nitrogens with one attached hydrogen (secondary N) is 1. The van der Waals surface area contributed by atoms with Gasteiger partial charge in [-0.3, -0.25) is 14.7 Å². The van der Waals surface area contributed by atoms with Crippen molar-refractivity contribution in [3.63, 3.8) is 0 Å². The summed E-state index contributed by atoms with van der Waals surface area (Å²) in [5, 5.41) is 10.7.